The lowest BCUT2D eigenvalue weighted by molar-refractivity contribution is -0.384. The number of aliphatic hydroxyl groups is 1. The molecule has 0 aromatic heterocycles. The largest absolute Gasteiger partial charge is 0.497 e. The first-order chi connectivity index (χ1) is 12.6. The van der Waals surface area contributed by atoms with Gasteiger partial charge in [-0.05, 0) is 42.7 Å². The van der Waals surface area contributed by atoms with E-state index in [0.717, 1.165) is 37.4 Å². The Labute approximate surface area is 152 Å². The van der Waals surface area contributed by atoms with Gasteiger partial charge in [-0.25, -0.2) is 0 Å². The van der Waals surface area contributed by atoms with Crippen molar-refractivity contribution < 1.29 is 14.8 Å². The van der Waals surface area contributed by atoms with Gasteiger partial charge in [0.2, 0.25) is 0 Å². The zero-order valence-electron chi connectivity index (χ0n) is 14.7. The number of ether oxygens (including phenoxy) is 1. The summed E-state index contributed by atoms with van der Waals surface area (Å²) < 4.78 is 5.24. The van der Waals surface area contributed by atoms with Gasteiger partial charge in [-0.1, -0.05) is 6.07 Å². The molecule has 0 amide bonds. The Morgan fingerprint density at radius 1 is 1.27 bits per heavy atom. The number of hydrogen-bond acceptors (Lipinski definition) is 6. The summed E-state index contributed by atoms with van der Waals surface area (Å²) in [7, 11) is 1.64. The number of anilines is 2. The van der Waals surface area contributed by atoms with E-state index in [1.165, 1.54) is 6.07 Å². The lowest BCUT2D eigenvalue weighted by atomic mass is 10.0. The SMILES string of the molecule is COc1cccc(NC2CCN(c3cc(CO)ccc3[N+](=O)[O-])CC2)c1. The molecule has 2 N–H and O–H groups in total. The van der Waals surface area contributed by atoms with Gasteiger partial charge >= 0.3 is 0 Å². The first-order valence-electron chi connectivity index (χ1n) is 8.64. The van der Waals surface area contributed by atoms with E-state index >= 15 is 0 Å². The van der Waals surface area contributed by atoms with Crippen LogP contribution in [-0.4, -0.2) is 36.3 Å². The van der Waals surface area contributed by atoms with Crippen LogP contribution in [0.3, 0.4) is 0 Å². The van der Waals surface area contributed by atoms with E-state index in [0.29, 0.717) is 17.3 Å². The van der Waals surface area contributed by atoms with Crippen molar-refractivity contribution in [3.63, 3.8) is 0 Å². The number of methoxy groups -OCH3 is 1. The maximum absolute atomic E-state index is 11.3. The van der Waals surface area contributed by atoms with Crippen LogP contribution in [0.25, 0.3) is 0 Å². The third-order valence-electron chi connectivity index (χ3n) is 4.70. The lowest BCUT2D eigenvalue weighted by Crippen LogP contribution is -2.39. The van der Waals surface area contributed by atoms with Crippen molar-refractivity contribution in [2.24, 2.45) is 0 Å². The van der Waals surface area contributed by atoms with Crippen LogP contribution >= 0.6 is 0 Å². The highest BCUT2D eigenvalue weighted by atomic mass is 16.6. The number of benzene rings is 2. The summed E-state index contributed by atoms with van der Waals surface area (Å²) >= 11 is 0. The molecule has 0 spiro atoms. The molecule has 26 heavy (non-hydrogen) atoms. The van der Waals surface area contributed by atoms with E-state index in [-0.39, 0.29) is 17.2 Å². The number of nitrogens with one attached hydrogen (secondary N) is 1. The topological polar surface area (TPSA) is 87.9 Å². The molecule has 0 aliphatic carbocycles. The van der Waals surface area contributed by atoms with Gasteiger partial charge < -0.3 is 20.1 Å². The van der Waals surface area contributed by atoms with Gasteiger partial charge in [-0.2, -0.15) is 0 Å². The molecule has 1 saturated heterocycles. The molecule has 0 atom stereocenters. The molecule has 7 heteroatoms. The molecule has 2 aromatic carbocycles. The Morgan fingerprint density at radius 2 is 2.04 bits per heavy atom. The summed E-state index contributed by atoms with van der Waals surface area (Å²) in [4.78, 5) is 13.0. The highest BCUT2D eigenvalue weighted by Gasteiger charge is 2.25. The van der Waals surface area contributed by atoms with Gasteiger partial charge in [0.1, 0.15) is 11.4 Å². The predicted octanol–water partition coefficient (Wildman–Crippen LogP) is 3.18. The Balaban J connectivity index is 1.67. The number of piperidine rings is 1. The van der Waals surface area contributed by atoms with Gasteiger partial charge in [0.25, 0.3) is 5.69 Å². The van der Waals surface area contributed by atoms with Crippen molar-refractivity contribution in [2.45, 2.75) is 25.5 Å². The van der Waals surface area contributed by atoms with Crippen LogP contribution in [0.15, 0.2) is 42.5 Å². The van der Waals surface area contributed by atoms with Gasteiger partial charge in [0.05, 0.1) is 18.6 Å². The van der Waals surface area contributed by atoms with Crippen LogP contribution in [0.4, 0.5) is 17.1 Å². The first kappa shape index (κ1) is 18.0. The average molecular weight is 357 g/mol. The van der Waals surface area contributed by atoms with Crippen LogP contribution in [0, 0.1) is 10.1 Å². The quantitative estimate of drug-likeness (QED) is 0.610. The third kappa shape index (κ3) is 4.05. The lowest BCUT2D eigenvalue weighted by Gasteiger charge is -2.34. The highest BCUT2D eigenvalue weighted by molar-refractivity contribution is 5.65. The molecule has 0 radical (unpaired) electrons. The third-order valence-corrected chi connectivity index (χ3v) is 4.70. The van der Waals surface area contributed by atoms with E-state index in [1.807, 2.05) is 29.2 Å². The fourth-order valence-corrected chi connectivity index (χ4v) is 3.29. The van der Waals surface area contributed by atoms with Gasteiger partial charge in [0.15, 0.2) is 0 Å². The summed E-state index contributed by atoms with van der Waals surface area (Å²) in [6.07, 6.45) is 1.75. The standard InChI is InChI=1S/C19H23N3O4/c1-26-17-4-2-3-16(12-17)20-15-7-9-21(10-8-15)19-11-14(13-23)5-6-18(19)22(24)25/h2-6,11-12,15,20,23H,7-10,13H2,1H3. The molecule has 1 aliphatic heterocycles. The number of nitrogens with zero attached hydrogens (tertiary/aromatic N) is 2. The molecule has 1 aliphatic rings. The zero-order chi connectivity index (χ0) is 18.5. The highest BCUT2D eigenvalue weighted by Crippen LogP contribution is 2.32. The second kappa shape index (κ2) is 8.05. The number of nitro benzene ring substituents is 1. The Kier molecular flexibility index (Phi) is 5.58. The second-order valence-electron chi connectivity index (χ2n) is 6.38. The molecule has 0 saturated carbocycles. The number of hydrogen-bond donors (Lipinski definition) is 2. The monoisotopic (exact) mass is 357 g/mol. The molecule has 138 valence electrons. The Hall–Kier alpha value is -2.80. The van der Waals surface area contributed by atoms with Gasteiger partial charge in [-0.3, -0.25) is 10.1 Å². The fraction of sp³-hybridized carbons (Fsp3) is 0.368. The maximum atomic E-state index is 11.3. The summed E-state index contributed by atoms with van der Waals surface area (Å²) in [5.74, 6) is 0.809. The molecular formula is C19H23N3O4. The van der Waals surface area contributed by atoms with Crippen LogP contribution in [0.2, 0.25) is 0 Å². The van der Waals surface area contributed by atoms with Crippen LogP contribution in [-0.2, 0) is 6.61 Å². The molecule has 1 fully saturated rings. The van der Waals surface area contributed by atoms with Gasteiger partial charge in [-0.15, -0.1) is 0 Å². The summed E-state index contributed by atoms with van der Waals surface area (Å²) in [5, 5.41) is 24.2. The number of aliphatic hydroxyl groups excluding tert-OH is 1. The van der Waals surface area contributed by atoms with E-state index in [1.54, 1.807) is 19.2 Å². The molecule has 2 aromatic rings. The number of nitro groups is 1. The van der Waals surface area contributed by atoms with Gasteiger partial charge in [0, 0.05) is 37.0 Å². The van der Waals surface area contributed by atoms with Crippen LogP contribution in [0.5, 0.6) is 5.75 Å². The predicted molar refractivity (Wildman–Crippen MR) is 101 cm³/mol. The van der Waals surface area contributed by atoms with E-state index in [9.17, 15) is 15.2 Å². The Morgan fingerprint density at radius 3 is 2.69 bits per heavy atom. The zero-order valence-corrected chi connectivity index (χ0v) is 14.7. The number of rotatable bonds is 6. The maximum Gasteiger partial charge on any atom is 0.292 e. The molecule has 1 heterocycles. The molecular weight excluding hydrogens is 334 g/mol. The first-order valence-corrected chi connectivity index (χ1v) is 8.64. The van der Waals surface area contributed by atoms with Crippen molar-refractivity contribution in [2.75, 3.05) is 30.4 Å². The van der Waals surface area contributed by atoms with E-state index in [4.69, 9.17) is 4.74 Å². The molecule has 0 unspecified atom stereocenters. The summed E-state index contributed by atoms with van der Waals surface area (Å²) in [5.41, 5.74) is 2.36. The fourth-order valence-electron chi connectivity index (χ4n) is 3.29. The summed E-state index contributed by atoms with van der Waals surface area (Å²) in [6, 6.07) is 12.9. The van der Waals surface area contributed by atoms with Crippen molar-refractivity contribution in [3.05, 3.63) is 58.1 Å². The van der Waals surface area contributed by atoms with Crippen LogP contribution < -0.4 is 15.0 Å². The normalized spacial score (nSPS) is 14.9. The van der Waals surface area contributed by atoms with E-state index in [2.05, 4.69) is 5.32 Å². The van der Waals surface area contributed by atoms with E-state index < -0.39 is 0 Å². The van der Waals surface area contributed by atoms with Crippen molar-refractivity contribution in [1.29, 1.82) is 0 Å². The summed E-state index contributed by atoms with van der Waals surface area (Å²) in [6.45, 7) is 1.31. The minimum absolute atomic E-state index is 0.0846. The second-order valence-corrected chi connectivity index (χ2v) is 6.38. The van der Waals surface area contributed by atoms with Crippen molar-refractivity contribution in [1.82, 2.24) is 0 Å². The minimum Gasteiger partial charge on any atom is -0.497 e. The molecule has 7 nitrogen and oxygen atoms in total. The van der Waals surface area contributed by atoms with Crippen molar-refractivity contribution in [3.8, 4) is 5.75 Å². The van der Waals surface area contributed by atoms with Crippen molar-refractivity contribution >= 4 is 17.1 Å². The molecule has 3 rings (SSSR count). The smallest absolute Gasteiger partial charge is 0.292 e. The Bertz CT molecular complexity index is 773. The average Bonchev–Trinajstić information content (AvgIpc) is 2.68. The minimum atomic E-state index is -0.364. The van der Waals surface area contributed by atoms with Crippen LogP contribution in [0.1, 0.15) is 18.4 Å². The molecule has 0 bridgehead atoms.